The van der Waals surface area contributed by atoms with Gasteiger partial charge in [0, 0.05) is 39.3 Å². The second-order valence-corrected chi connectivity index (χ2v) is 7.71. The monoisotopic (exact) mass is 368 g/mol. The molecule has 2 aliphatic rings. The van der Waals surface area contributed by atoms with Gasteiger partial charge in [0.05, 0.1) is 6.10 Å². The number of nitrogens with zero attached hydrogens (tertiary/aromatic N) is 2. The van der Waals surface area contributed by atoms with Gasteiger partial charge in [-0.2, -0.15) is 0 Å². The molecule has 5 heteroatoms. The van der Waals surface area contributed by atoms with Gasteiger partial charge in [-0.3, -0.25) is 9.80 Å². The molecule has 27 heavy (non-hydrogen) atoms. The van der Waals surface area contributed by atoms with Crippen LogP contribution in [-0.2, 0) is 19.5 Å². The molecule has 0 bridgehead atoms. The summed E-state index contributed by atoms with van der Waals surface area (Å²) in [6, 6.07) is 16.5. The normalized spacial score (nSPS) is 19.3. The predicted octanol–water partition coefficient (Wildman–Crippen LogP) is 1.66. The molecule has 0 spiro atoms. The summed E-state index contributed by atoms with van der Waals surface area (Å²) in [5, 5.41) is 19.8. The first-order valence-electron chi connectivity index (χ1n) is 9.75. The lowest BCUT2D eigenvalue weighted by molar-refractivity contribution is -0.00291. The van der Waals surface area contributed by atoms with Crippen LogP contribution in [0.5, 0.6) is 5.75 Å². The standard InChI is InChI=1S/C22H28N2O3/c25-20-13-24(14-20)11-17-4-3-7-22(10-17)27-16-21(26)15-23-9-8-18-5-1-2-6-19(18)12-23/h1-7,10,20-21,25-26H,8-9,11-16H2. The quantitative estimate of drug-likeness (QED) is 0.779. The maximum atomic E-state index is 10.4. The Labute approximate surface area is 160 Å². The summed E-state index contributed by atoms with van der Waals surface area (Å²) >= 11 is 0. The first kappa shape index (κ1) is 18.4. The second-order valence-electron chi connectivity index (χ2n) is 7.71. The highest BCUT2D eigenvalue weighted by Gasteiger charge is 2.24. The molecule has 1 atom stereocenters. The number of ether oxygens (including phenoxy) is 1. The summed E-state index contributed by atoms with van der Waals surface area (Å²) in [6.07, 6.45) is 0.350. The van der Waals surface area contributed by atoms with Gasteiger partial charge in [-0.15, -0.1) is 0 Å². The van der Waals surface area contributed by atoms with Gasteiger partial charge in [-0.1, -0.05) is 36.4 Å². The van der Waals surface area contributed by atoms with Crippen LogP contribution in [0.4, 0.5) is 0 Å². The summed E-state index contributed by atoms with van der Waals surface area (Å²) in [4.78, 5) is 4.49. The smallest absolute Gasteiger partial charge is 0.119 e. The summed E-state index contributed by atoms with van der Waals surface area (Å²) in [6.45, 7) is 5.09. The van der Waals surface area contributed by atoms with Crippen molar-refractivity contribution in [2.75, 3.05) is 32.8 Å². The van der Waals surface area contributed by atoms with E-state index in [4.69, 9.17) is 4.74 Å². The summed E-state index contributed by atoms with van der Waals surface area (Å²) in [7, 11) is 0. The molecule has 2 aromatic carbocycles. The topological polar surface area (TPSA) is 56.2 Å². The minimum absolute atomic E-state index is 0.179. The first-order valence-corrected chi connectivity index (χ1v) is 9.75. The zero-order chi connectivity index (χ0) is 18.6. The maximum absolute atomic E-state index is 10.4. The van der Waals surface area contributed by atoms with Crippen molar-refractivity contribution in [1.82, 2.24) is 9.80 Å². The van der Waals surface area contributed by atoms with E-state index in [0.717, 1.165) is 44.9 Å². The zero-order valence-electron chi connectivity index (χ0n) is 15.6. The number of aliphatic hydroxyl groups excluding tert-OH is 2. The lowest BCUT2D eigenvalue weighted by Crippen LogP contribution is -2.49. The third-order valence-electron chi connectivity index (χ3n) is 5.36. The van der Waals surface area contributed by atoms with Crippen molar-refractivity contribution in [3.63, 3.8) is 0 Å². The van der Waals surface area contributed by atoms with Gasteiger partial charge in [0.2, 0.25) is 0 Å². The van der Waals surface area contributed by atoms with Gasteiger partial charge in [-0.25, -0.2) is 0 Å². The molecule has 0 saturated carbocycles. The first-order chi connectivity index (χ1) is 13.2. The molecule has 144 valence electrons. The van der Waals surface area contributed by atoms with E-state index in [1.54, 1.807) is 0 Å². The molecular weight excluding hydrogens is 340 g/mol. The summed E-state index contributed by atoms with van der Waals surface area (Å²) in [5.74, 6) is 0.789. The van der Waals surface area contributed by atoms with Crippen LogP contribution in [0.3, 0.4) is 0 Å². The van der Waals surface area contributed by atoms with Gasteiger partial charge in [0.1, 0.15) is 18.5 Å². The molecule has 2 heterocycles. The molecule has 4 rings (SSSR count). The zero-order valence-corrected chi connectivity index (χ0v) is 15.6. The Morgan fingerprint density at radius 2 is 1.85 bits per heavy atom. The summed E-state index contributed by atoms with van der Waals surface area (Å²) < 4.78 is 5.83. The van der Waals surface area contributed by atoms with Crippen molar-refractivity contribution < 1.29 is 14.9 Å². The number of rotatable bonds is 7. The fourth-order valence-electron chi connectivity index (χ4n) is 3.92. The molecule has 2 N–H and O–H groups in total. The SMILES string of the molecule is OC(COc1cccc(CN2CC(O)C2)c1)CN1CCc2ccccc2C1. The molecule has 0 aliphatic carbocycles. The third kappa shape index (κ3) is 4.87. The molecule has 5 nitrogen and oxygen atoms in total. The Hall–Kier alpha value is -1.92. The van der Waals surface area contributed by atoms with Gasteiger partial charge < -0.3 is 14.9 Å². The van der Waals surface area contributed by atoms with Crippen LogP contribution in [-0.4, -0.2) is 65.0 Å². The highest BCUT2D eigenvalue weighted by molar-refractivity contribution is 5.29. The highest BCUT2D eigenvalue weighted by Crippen LogP contribution is 2.20. The number of β-amino-alcohol motifs (C(OH)–C–C–N with tert-alkyl or cyclic N) is 2. The molecule has 1 fully saturated rings. The van der Waals surface area contributed by atoms with Crippen molar-refractivity contribution in [3.8, 4) is 5.75 Å². The van der Waals surface area contributed by atoms with E-state index in [1.807, 2.05) is 18.2 Å². The van der Waals surface area contributed by atoms with Crippen LogP contribution in [0.2, 0.25) is 0 Å². The maximum Gasteiger partial charge on any atom is 0.119 e. The molecule has 0 radical (unpaired) electrons. The van der Waals surface area contributed by atoms with Crippen molar-refractivity contribution in [2.45, 2.75) is 31.7 Å². The lowest BCUT2D eigenvalue weighted by atomic mass is 10.00. The van der Waals surface area contributed by atoms with Crippen LogP contribution in [0, 0.1) is 0 Å². The molecule has 1 unspecified atom stereocenters. The molecule has 0 amide bonds. The van der Waals surface area contributed by atoms with E-state index in [9.17, 15) is 10.2 Å². The van der Waals surface area contributed by atoms with Crippen molar-refractivity contribution in [3.05, 3.63) is 65.2 Å². The highest BCUT2D eigenvalue weighted by atomic mass is 16.5. The van der Waals surface area contributed by atoms with Crippen LogP contribution in [0.1, 0.15) is 16.7 Å². The van der Waals surface area contributed by atoms with Gasteiger partial charge in [0.15, 0.2) is 0 Å². The van der Waals surface area contributed by atoms with E-state index < -0.39 is 6.10 Å². The van der Waals surface area contributed by atoms with E-state index in [2.05, 4.69) is 40.1 Å². The molecular formula is C22H28N2O3. The van der Waals surface area contributed by atoms with E-state index in [1.165, 1.54) is 16.7 Å². The fraction of sp³-hybridized carbons (Fsp3) is 0.455. The van der Waals surface area contributed by atoms with Gasteiger partial charge >= 0.3 is 0 Å². The van der Waals surface area contributed by atoms with E-state index in [0.29, 0.717) is 13.2 Å². The van der Waals surface area contributed by atoms with Crippen LogP contribution >= 0.6 is 0 Å². The number of hydrogen-bond acceptors (Lipinski definition) is 5. The predicted molar refractivity (Wildman–Crippen MR) is 105 cm³/mol. The van der Waals surface area contributed by atoms with Crippen molar-refractivity contribution in [1.29, 1.82) is 0 Å². The van der Waals surface area contributed by atoms with Crippen molar-refractivity contribution in [2.24, 2.45) is 0 Å². The second kappa shape index (κ2) is 8.40. The number of fused-ring (bicyclic) bond motifs is 1. The number of hydrogen-bond donors (Lipinski definition) is 2. The average molecular weight is 368 g/mol. The Kier molecular flexibility index (Phi) is 5.74. The third-order valence-corrected chi connectivity index (χ3v) is 5.36. The number of aliphatic hydroxyl groups is 2. The average Bonchev–Trinajstić information content (AvgIpc) is 2.65. The van der Waals surface area contributed by atoms with Gasteiger partial charge in [-0.05, 0) is 35.2 Å². The lowest BCUT2D eigenvalue weighted by Gasteiger charge is -2.35. The Bertz CT molecular complexity index is 761. The Morgan fingerprint density at radius 3 is 2.67 bits per heavy atom. The van der Waals surface area contributed by atoms with Crippen LogP contribution < -0.4 is 4.74 Å². The summed E-state index contributed by atoms with van der Waals surface area (Å²) in [5.41, 5.74) is 3.95. The Morgan fingerprint density at radius 1 is 1.04 bits per heavy atom. The molecule has 1 saturated heterocycles. The fourth-order valence-corrected chi connectivity index (χ4v) is 3.92. The molecule has 2 aliphatic heterocycles. The van der Waals surface area contributed by atoms with Gasteiger partial charge in [0.25, 0.3) is 0 Å². The van der Waals surface area contributed by atoms with Crippen molar-refractivity contribution >= 4 is 0 Å². The van der Waals surface area contributed by atoms with Crippen LogP contribution in [0.25, 0.3) is 0 Å². The molecule has 2 aromatic rings. The minimum Gasteiger partial charge on any atom is -0.491 e. The largest absolute Gasteiger partial charge is 0.491 e. The number of benzene rings is 2. The van der Waals surface area contributed by atoms with E-state index in [-0.39, 0.29) is 6.10 Å². The van der Waals surface area contributed by atoms with E-state index >= 15 is 0 Å². The minimum atomic E-state index is -0.510. The molecule has 0 aromatic heterocycles. The Balaban J connectivity index is 1.24. The number of likely N-dealkylation sites (tertiary alicyclic amines) is 1. The van der Waals surface area contributed by atoms with Crippen LogP contribution in [0.15, 0.2) is 48.5 Å².